The molecule has 1 aliphatic carbocycles. The summed E-state index contributed by atoms with van der Waals surface area (Å²) in [5.41, 5.74) is 7.99. The fourth-order valence-corrected chi connectivity index (χ4v) is 5.05. The lowest BCUT2D eigenvalue weighted by atomic mass is 9.67. The van der Waals surface area contributed by atoms with E-state index in [1.165, 1.54) is 33.4 Å². The van der Waals surface area contributed by atoms with E-state index in [1.807, 2.05) is 0 Å². The topological polar surface area (TPSA) is 0 Å². The summed E-state index contributed by atoms with van der Waals surface area (Å²) in [5.74, 6) is 0. The summed E-state index contributed by atoms with van der Waals surface area (Å²) in [4.78, 5) is 0. The van der Waals surface area contributed by atoms with Crippen molar-refractivity contribution in [1.82, 2.24) is 0 Å². The SMILES string of the molecule is C1=S=CC2=C1c1ccccc1C2(c1ccccc1)c1ccccc1. The highest BCUT2D eigenvalue weighted by Crippen LogP contribution is 2.54. The van der Waals surface area contributed by atoms with E-state index in [0.29, 0.717) is 0 Å². The van der Waals surface area contributed by atoms with Crippen molar-refractivity contribution >= 4 is 27.2 Å². The predicted octanol–water partition coefficient (Wildman–Crippen LogP) is 5.14. The molecule has 0 fully saturated rings. The van der Waals surface area contributed by atoms with Crippen LogP contribution < -0.4 is 0 Å². The van der Waals surface area contributed by atoms with E-state index >= 15 is 0 Å². The third-order valence-corrected chi connectivity index (χ3v) is 5.84. The fourth-order valence-electron chi connectivity index (χ4n) is 4.15. The first kappa shape index (κ1) is 13.8. The van der Waals surface area contributed by atoms with Gasteiger partial charge in [0.05, 0.1) is 5.41 Å². The molecule has 24 heavy (non-hydrogen) atoms. The minimum Gasteiger partial charge on any atom is -0.151 e. The van der Waals surface area contributed by atoms with E-state index in [1.54, 1.807) is 10.9 Å². The first-order valence-electron chi connectivity index (χ1n) is 8.20. The van der Waals surface area contributed by atoms with E-state index in [4.69, 9.17) is 0 Å². The first-order chi connectivity index (χ1) is 11.9. The lowest BCUT2D eigenvalue weighted by Crippen LogP contribution is -2.30. The standard InChI is InChI=1S/C23H16S/c1-3-9-17(10-4-1)23(18-11-5-2-6-12-18)21-14-8-7-13-19(21)20-15-24-16-22(20)23/h1-16H. The van der Waals surface area contributed by atoms with E-state index in [0.717, 1.165) is 0 Å². The van der Waals surface area contributed by atoms with Gasteiger partial charge in [-0.2, -0.15) is 10.9 Å². The predicted molar refractivity (Wildman–Crippen MR) is 106 cm³/mol. The number of fused-ring (bicyclic) bond motifs is 2. The van der Waals surface area contributed by atoms with Crippen LogP contribution in [-0.4, -0.2) is 10.7 Å². The van der Waals surface area contributed by atoms with Gasteiger partial charge in [0.15, 0.2) is 0 Å². The Balaban J connectivity index is 1.95. The quantitative estimate of drug-likeness (QED) is 0.573. The van der Waals surface area contributed by atoms with Crippen molar-refractivity contribution < 1.29 is 0 Å². The lowest BCUT2D eigenvalue weighted by Gasteiger charge is -2.34. The fraction of sp³-hybridized carbons (Fsp3) is 0.0435. The number of benzene rings is 3. The van der Waals surface area contributed by atoms with Crippen LogP contribution in [0.5, 0.6) is 0 Å². The van der Waals surface area contributed by atoms with Gasteiger partial charge in [-0.05, 0) is 44.1 Å². The Bertz CT molecular complexity index is 980. The monoisotopic (exact) mass is 324 g/mol. The van der Waals surface area contributed by atoms with Crippen LogP contribution >= 0.6 is 10.9 Å². The Morgan fingerprint density at radius 2 is 1.17 bits per heavy atom. The molecule has 0 saturated carbocycles. The van der Waals surface area contributed by atoms with E-state index in [-0.39, 0.29) is 5.41 Å². The van der Waals surface area contributed by atoms with Crippen LogP contribution in [0, 0.1) is 0 Å². The molecule has 0 nitrogen and oxygen atoms in total. The summed E-state index contributed by atoms with van der Waals surface area (Å²) < 4.78 is 0. The third kappa shape index (κ3) is 1.68. The minimum absolute atomic E-state index is 0.214. The van der Waals surface area contributed by atoms with Gasteiger partial charge in [-0.25, -0.2) is 0 Å². The molecule has 0 bridgehead atoms. The Labute approximate surface area is 145 Å². The van der Waals surface area contributed by atoms with Crippen LogP contribution in [0.1, 0.15) is 22.3 Å². The Kier molecular flexibility index (Phi) is 2.97. The van der Waals surface area contributed by atoms with Crippen molar-refractivity contribution in [3.8, 4) is 0 Å². The molecule has 0 spiro atoms. The zero-order chi connectivity index (χ0) is 16.0. The molecule has 0 unspecified atom stereocenters. The van der Waals surface area contributed by atoms with Crippen molar-refractivity contribution in [2.75, 3.05) is 0 Å². The van der Waals surface area contributed by atoms with Gasteiger partial charge in [-0.15, -0.1) is 0 Å². The van der Waals surface area contributed by atoms with Crippen molar-refractivity contribution in [1.29, 1.82) is 0 Å². The number of hydrogen-bond donors (Lipinski definition) is 0. The average molecular weight is 324 g/mol. The summed E-state index contributed by atoms with van der Waals surface area (Å²) in [5, 5.41) is 4.62. The average Bonchev–Trinajstić information content (AvgIpc) is 3.24. The molecule has 2 aliphatic rings. The zero-order valence-corrected chi connectivity index (χ0v) is 14.0. The number of allylic oxidation sites excluding steroid dienone is 2. The van der Waals surface area contributed by atoms with Crippen LogP contribution in [0.3, 0.4) is 0 Å². The molecule has 1 heterocycles. The Morgan fingerprint density at radius 1 is 0.583 bits per heavy atom. The normalized spacial score (nSPS) is 16.7. The largest absolute Gasteiger partial charge is 0.151 e. The highest BCUT2D eigenvalue weighted by Gasteiger charge is 2.46. The van der Waals surface area contributed by atoms with E-state index < -0.39 is 0 Å². The van der Waals surface area contributed by atoms with Crippen molar-refractivity contribution in [2.45, 2.75) is 5.41 Å². The molecular weight excluding hydrogens is 308 g/mol. The van der Waals surface area contributed by atoms with Gasteiger partial charge < -0.3 is 0 Å². The number of hydrogen-bond acceptors (Lipinski definition) is 0. The van der Waals surface area contributed by atoms with Gasteiger partial charge >= 0.3 is 0 Å². The van der Waals surface area contributed by atoms with E-state index in [9.17, 15) is 0 Å². The highest BCUT2D eigenvalue weighted by molar-refractivity contribution is 7.97. The second-order valence-electron chi connectivity index (χ2n) is 6.23. The Hall–Kier alpha value is -2.64. The summed E-state index contributed by atoms with van der Waals surface area (Å²) in [6.45, 7) is 0. The summed E-state index contributed by atoms with van der Waals surface area (Å²) >= 11 is 0. The number of rotatable bonds is 2. The maximum Gasteiger partial charge on any atom is 0.0721 e. The minimum atomic E-state index is -0.214. The molecule has 114 valence electrons. The molecule has 0 aromatic heterocycles. The molecule has 3 aromatic rings. The van der Waals surface area contributed by atoms with Gasteiger partial charge in [-0.3, -0.25) is 0 Å². The summed E-state index contributed by atoms with van der Waals surface area (Å²) in [6.07, 6.45) is 0. The first-order valence-corrected chi connectivity index (χ1v) is 9.14. The van der Waals surface area contributed by atoms with Crippen LogP contribution in [0.25, 0.3) is 5.57 Å². The Morgan fingerprint density at radius 3 is 1.83 bits per heavy atom. The molecule has 1 aliphatic heterocycles. The van der Waals surface area contributed by atoms with Crippen molar-refractivity contribution in [3.05, 3.63) is 113 Å². The molecular formula is C23H16S. The molecule has 0 amide bonds. The lowest BCUT2D eigenvalue weighted by molar-refractivity contribution is 0.775. The molecule has 3 aromatic carbocycles. The van der Waals surface area contributed by atoms with Gasteiger partial charge in [0.2, 0.25) is 0 Å². The van der Waals surface area contributed by atoms with Crippen LogP contribution in [0.2, 0.25) is 0 Å². The maximum absolute atomic E-state index is 2.33. The van der Waals surface area contributed by atoms with Crippen LogP contribution in [0.15, 0.2) is 90.5 Å². The van der Waals surface area contributed by atoms with Crippen LogP contribution in [-0.2, 0) is 5.41 Å². The van der Waals surface area contributed by atoms with Gasteiger partial charge in [-0.1, -0.05) is 84.9 Å². The van der Waals surface area contributed by atoms with Gasteiger partial charge in [0.1, 0.15) is 0 Å². The molecule has 0 N–H and O–H groups in total. The van der Waals surface area contributed by atoms with Crippen molar-refractivity contribution in [2.24, 2.45) is 0 Å². The second kappa shape index (κ2) is 5.19. The zero-order valence-electron chi connectivity index (χ0n) is 13.1. The smallest absolute Gasteiger partial charge is 0.0721 e. The van der Waals surface area contributed by atoms with E-state index in [2.05, 4.69) is 95.7 Å². The molecule has 5 rings (SSSR count). The third-order valence-electron chi connectivity index (χ3n) is 5.10. The van der Waals surface area contributed by atoms with Gasteiger partial charge in [0.25, 0.3) is 0 Å². The van der Waals surface area contributed by atoms with Gasteiger partial charge in [0, 0.05) is 0 Å². The molecule has 0 radical (unpaired) electrons. The van der Waals surface area contributed by atoms with Crippen molar-refractivity contribution in [3.63, 3.8) is 0 Å². The summed E-state index contributed by atoms with van der Waals surface area (Å²) in [6, 6.07) is 30.7. The maximum atomic E-state index is 2.33. The second-order valence-corrected chi connectivity index (χ2v) is 6.97. The van der Waals surface area contributed by atoms with Crippen LogP contribution in [0.4, 0.5) is 0 Å². The molecule has 1 heteroatoms. The summed E-state index contributed by atoms with van der Waals surface area (Å²) in [7, 11) is 1.80. The molecule has 0 saturated heterocycles. The molecule has 0 atom stereocenters. The highest BCUT2D eigenvalue weighted by atomic mass is 32.1.